The molecule has 2 aromatic heterocycles. The molecule has 0 radical (unpaired) electrons. The summed E-state index contributed by atoms with van der Waals surface area (Å²) in [5.41, 5.74) is -0.401. The molecular formula is C17H14ClF3N2O2S2. The number of aromatic nitrogens is 2. The Morgan fingerprint density at radius 2 is 1.78 bits per heavy atom. The maximum atomic E-state index is 13.8. The summed E-state index contributed by atoms with van der Waals surface area (Å²) >= 11 is 6.96. The van der Waals surface area contributed by atoms with E-state index in [0.717, 1.165) is 22.3 Å². The fraction of sp³-hybridized carbons (Fsp3) is 0.235. The van der Waals surface area contributed by atoms with Crippen LogP contribution in [0.2, 0.25) is 4.34 Å². The van der Waals surface area contributed by atoms with Gasteiger partial charge in [0.25, 0.3) is 0 Å². The average molecular weight is 435 g/mol. The van der Waals surface area contributed by atoms with Crippen LogP contribution in [0.3, 0.4) is 0 Å². The van der Waals surface area contributed by atoms with Crippen molar-refractivity contribution in [2.75, 3.05) is 6.26 Å². The summed E-state index contributed by atoms with van der Waals surface area (Å²) in [7, 11) is -3.41. The number of rotatable bonds is 4. The van der Waals surface area contributed by atoms with Crippen molar-refractivity contribution in [3.8, 4) is 21.7 Å². The molecule has 0 fully saturated rings. The van der Waals surface area contributed by atoms with Crippen LogP contribution in [0, 0.1) is 0 Å². The van der Waals surface area contributed by atoms with Crippen LogP contribution in [0.15, 0.2) is 41.3 Å². The molecule has 0 saturated heterocycles. The van der Waals surface area contributed by atoms with Crippen LogP contribution >= 0.6 is 22.9 Å². The van der Waals surface area contributed by atoms with Gasteiger partial charge in [0, 0.05) is 23.2 Å². The average Bonchev–Trinajstić information content (AvgIpc) is 3.17. The number of thiophene rings is 1. The maximum absolute atomic E-state index is 13.8. The molecule has 0 bridgehead atoms. The molecule has 3 rings (SSSR count). The van der Waals surface area contributed by atoms with Gasteiger partial charge in [0.05, 0.1) is 14.8 Å². The Morgan fingerprint density at radius 1 is 1.15 bits per heavy atom. The van der Waals surface area contributed by atoms with Crippen molar-refractivity contribution in [1.82, 2.24) is 9.78 Å². The molecule has 0 atom stereocenters. The molecule has 0 aliphatic carbocycles. The number of aryl methyl sites for hydroxylation is 1. The third kappa shape index (κ3) is 3.90. The number of alkyl halides is 3. The summed E-state index contributed by atoms with van der Waals surface area (Å²) in [4.78, 5) is 0.423. The van der Waals surface area contributed by atoms with Gasteiger partial charge in [-0.15, -0.1) is 11.3 Å². The summed E-state index contributed by atoms with van der Waals surface area (Å²) in [6.07, 6.45) is -3.55. The molecule has 0 amide bonds. The number of nitrogens with zero attached hydrogens (tertiary/aromatic N) is 2. The van der Waals surface area contributed by atoms with Crippen LogP contribution in [0.5, 0.6) is 0 Å². The highest BCUT2D eigenvalue weighted by molar-refractivity contribution is 7.90. The lowest BCUT2D eigenvalue weighted by Crippen LogP contribution is -2.14. The van der Waals surface area contributed by atoms with E-state index < -0.39 is 21.7 Å². The van der Waals surface area contributed by atoms with Crippen molar-refractivity contribution in [2.24, 2.45) is 0 Å². The second-order valence-corrected chi connectivity index (χ2v) is 9.52. The second-order valence-electron chi connectivity index (χ2n) is 5.79. The van der Waals surface area contributed by atoms with E-state index in [-0.39, 0.29) is 22.7 Å². The topological polar surface area (TPSA) is 52.0 Å². The van der Waals surface area contributed by atoms with E-state index in [9.17, 15) is 21.6 Å². The molecule has 3 aromatic rings. The minimum atomic E-state index is -4.61. The first-order chi connectivity index (χ1) is 12.5. The summed E-state index contributed by atoms with van der Waals surface area (Å²) in [6, 6.07) is 8.67. The van der Waals surface area contributed by atoms with Gasteiger partial charge in [0.2, 0.25) is 0 Å². The molecule has 27 heavy (non-hydrogen) atoms. The van der Waals surface area contributed by atoms with Gasteiger partial charge in [-0.3, -0.25) is 4.68 Å². The predicted molar refractivity (Wildman–Crippen MR) is 99.8 cm³/mol. The van der Waals surface area contributed by atoms with Crippen molar-refractivity contribution < 1.29 is 21.6 Å². The van der Waals surface area contributed by atoms with Crippen molar-refractivity contribution in [1.29, 1.82) is 0 Å². The van der Waals surface area contributed by atoms with Gasteiger partial charge in [0.1, 0.15) is 5.69 Å². The number of benzene rings is 1. The van der Waals surface area contributed by atoms with Gasteiger partial charge >= 0.3 is 6.18 Å². The lowest BCUT2D eigenvalue weighted by molar-refractivity contribution is -0.143. The van der Waals surface area contributed by atoms with E-state index in [2.05, 4.69) is 5.10 Å². The lowest BCUT2D eigenvalue weighted by Gasteiger charge is -2.11. The highest BCUT2D eigenvalue weighted by atomic mass is 35.5. The van der Waals surface area contributed by atoms with Gasteiger partial charge < -0.3 is 0 Å². The maximum Gasteiger partial charge on any atom is 0.433 e. The second kappa shape index (κ2) is 6.96. The molecule has 144 valence electrons. The fourth-order valence-corrected chi connectivity index (χ4v) is 4.44. The fourth-order valence-electron chi connectivity index (χ4n) is 2.72. The first-order valence-electron chi connectivity index (χ1n) is 7.76. The zero-order valence-electron chi connectivity index (χ0n) is 14.2. The Bertz CT molecular complexity index is 1080. The van der Waals surface area contributed by atoms with Crippen LogP contribution in [0.1, 0.15) is 12.6 Å². The molecule has 0 N–H and O–H groups in total. The molecule has 0 aliphatic heterocycles. The molecule has 2 heterocycles. The summed E-state index contributed by atoms with van der Waals surface area (Å²) in [5.74, 6) is 0. The monoisotopic (exact) mass is 434 g/mol. The smallest absolute Gasteiger partial charge is 0.259 e. The third-order valence-electron chi connectivity index (χ3n) is 3.90. The number of hydrogen-bond acceptors (Lipinski definition) is 4. The Labute approximate surface area is 163 Å². The Kier molecular flexibility index (Phi) is 5.13. The first-order valence-corrected chi connectivity index (χ1v) is 10.8. The summed E-state index contributed by atoms with van der Waals surface area (Å²) in [5, 5.41) is 4.15. The Hall–Kier alpha value is -1.84. The predicted octanol–water partition coefficient (Wildman–Crippen LogP) is 5.37. The lowest BCUT2D eigenvalue weighted by atomic mass is 10.0. The van der Waals surface area contributed by atoms with Crippen molar-refractivity contribution in [2.45, 2.75) is 24.5 Å². The van der Waals surface area contributed by atoms with Crippen LogP contribution < -0.4 is 0 Å². The minimum absolute atomic E-state index is 0.0301. The number of sulfone groups is 1. The minimum Gasteiger partial charge on any atom is -0.259 e. The SMILES string of the molecule is CCn1nc(-c2ccc(S(C)(=O)=O)cc2)c(-c2ccc(Cl)s2)c1C(F)(F)F. The van der Waals surface area contributed by atoms with Gasteiger partial charge in [-0.05, 0) is 31.2 Å². The van der Waals surface area contributed by atoms with E-state index in [1.165, 1.54) is 36.4 Å². The quantitative estimate of drug-likeness (QED) is 0.554. The first kappa shape index (κ1) is 19.9. The van der Waals surface area contributed by atoms with E-state index in [0.29, 0.717) is 14.8 Å². The molecule has 0 spiro atoms. The summed E-state index contributed by atoms with van der Waals surface area (Å²) < 4.78 is 65.8. The molecule has 0 saturated carbocycles. The highest BCUT2D eigenvalue weighted by Crippen LogP contribution is 2.45. The van der Waals surface area contributed by atoms with Crippen LogP contribution in [0.25, 0.3) is 21.7 Å². The van der Waals surface area contributed by atoms with Crippen molar-refractivity contribution in [3.05, 3.63) is 46.4 Å². The number of hydrogen-bond donors (Lipinski definition) is 0. The van der Waals surface area contributed by atoms with E-state index in [1.807, 2.05) is 0 Å². The molecular weight excluding hydrogens is 421 g/mol. The Balaban J connectivity index is 2.28. The van der Waals surface area contributed by atoms with Gasteiger partial charge in [-0.1, -0.05) is 23.7 Å². The largest absolute Gasteiger partial charge is 0.433 e. The van der Waals surface area contributed by atoms with Crippen LogP contribution in [-0.4, -0.2) is 24.5 Å². The molecule has 0 unspecified atom stereocenters. The van der Waals surface area contributed by atoms with Crippen LogP contribution in [-0.2, 0) is 22.6 Å². The highest BCUT2D eigenvalue weighted by Gasteiger charge is 2.40. The molecule has 4 nitrogen and oxygen atoms in total. The van der Waals surface area contributed by atoms with Gasteiger partial charge in [-0.25, -0.2) is 8.42 Å². The van der Waals surface area contributed by atoms with Crippen LogP contribution in [0.4, 0.5) is 13.2 Å². The molecule has 1 aromatic carbocycles. The zero-order chi connectivity index (χ0) is 20.0. The summed E-state index contributed by atoms with van der Waals surface area (Å²) in [6.45, 7) is 1.60. The standard InChI is InChI=1S/C17H14ClF3N2O2S2/c1-3-23-16(17(19,20)21)14(12-8-9-13(18)26-12)15(22-23)10-4-6-11(7-5-10)27(2,24)25/h4-9H,3H2,1-2H3. The van der Waals surface area contributed by atoms with Gasteiger partial charge in [0.15, 0.2) is 15.5 Å². The molecule has 0 aliphatic rings. The molecule has 10 heteroatoms. The van der Waals surface area contributed by atoms with Crippen molar-refractivity contribution in [3.63, 3.8) is 0 Å². The van der Waals surface area contributed by atoms with Gasteiger partial charge in [-0.2, -0.15) is 18.3 Å². The zero-order valence-corrected chi connectivity index (χ0v) is 16.6. The number of halogens is 4. The van der Waals surface area contributed by atoms with E-state index in [1.54, 1.807) is 6.92 Å². The normalized spacial score (nSPS) is 12.5. The van der Waals surface area contributed by atoms with Crippen molar-refractivity contribution >= 4 is 32.8 Å². The third-order valence-corrected chi connectivity index (χ3v) is 6.27. The van der Waals surface area contributed by atoms with E-state index >= 15 is 0 Å². The van der Waals surface area contributed by atoms with E-state index in [4.69, 9.17) is 11.6 Å². The Morgan fingerprint density at radius 3 is 2.22 bits per heavy atom.